The SMILES string of the molecule is COc1cc(C(C(=O)N2CCN(C(=O)OC(C)(C)C)CC2)C2(O)CCCCC2)ccc1OCc1ccc2ccccc2c1. The lowest BCUT2D eigenvalue weighted by Gasteiger charge is -2.43. The quantitative estimate of drug-likeness (QED) is 0.349. The third-order valence-electron chi connectivity index (χ3n) is 8.48. The second-order valence-corrected chi connectivity index (χ2v) is 12.8. The van der Waals surface area contributed by atoms with E-state index in [1.54, 1.807) is 16.9 Å². The van der Waals surface area contributed by atoms with Crippen LogP contribution in [0.5, 0.6) is 11.5 Å². The van der Waals surface area contributed by atoms with Crippen molar-refractivity contribution in [3.8, 4) is 11.5 Å². The smallest absolute Gasteiger partial charge is 0.410 e. The number of carbonyl (C=O) groups is 2. The number of benzene rings is 3. The molecule has 1 aliphatic heterocycles. The average Bonchev–Trinajstić information content (AvgIpc) is 2.99. The van der Waals surface area contributed by atoms with Gasteiger partial charge >= 0.3 is 6.09 Å². The van der Waals surface area contributed by atoms with E-state index in [9.17, 15) is 14.7 Å². The number of piperazine rings is 1. The first-order chi connectivity index (χ1) is 20.6. The Hall–Kier alpha value is -3.78. The largest absolute Gasteiger partial charge is 0.493 e. The Labute approximate surface area is 254 Å². The number of nitrogens with zero attached hydrogens (tertiary/aromatic N) is 2. The Balaban J connectivity index is 1.34. The molecule has 0 spiro atoms. The molecule has 3 aromatic carbocycles. The molecular formula is C35H44N2O6. The molecular weight excluding hydrogens is 544 g/mol. The highest BCUT2D eigenvalue weighted by Gasteiger charge is 2.45. The van der Waals surface area contributed by atoms with E-state index in [-0.39, 0.29) is 12.0 Å². The second kappa shape index (κ2) is 12.8. The zero-order valence-corrected chi connectivity index (χ0v) is 25.8. The molecule has 8 heteroatoms. The lowest BCUT2D eigenvalue weighted by atomic mass is 9.72. The molecule has 230 valence electrons. The maximum absolute atomic E-state index is 14.2. The van der Waals surface area contributed by atoms with Crippen LogP contribution in [0.15, 0.2) is 60.7 Å². The number of amides is 2. The van der Waals surface area contributed by atoms with Gasteiger partial charge in [0.05, 0.1) is 18.6 Å². The average molecular weight is 589 g/mol. The molecule has 2 amide bonds. The molecule has 1 unspecified atom stereocenters. The maximum Gasteiger partial charge on any atom is 0.410 e. The summed E-state index contributed by atoms with van der Waals surface area (Å²) in [5.74, 6) is 0.224. The molecule has 0 radical (unpaired) electrons. The van der Waals surface area contributed by atoms with Crippen LogP contribution in [0.2, 0.25) is 0 Å². The van der Waals surface area contributed by atoms with Crippen LogP contribution in [0, 0.1) is 0 Å². The Morgan fingerprint density at radius 2 is 1.53 bits per heavy atom. The van der Waals surface area contributed by atoms with Crippen LogP contribution in [-0.2, 0) is 16.1 Å². The van der Waals surface area contributed by atoms with Gasteiger partial charge in [-0.05, 0) is 73.7 Å². The molecule has 1 saturated carbocycles. The molecule has 2 fully saturated rings. The van der Waals surface area contributed by atoms with Gasteiger partial charge in [-0.1, -0.05) is 61.7 Å². The molecule has 1 N–H and O–H groups in total. The van der Waals surface area contributed by atoms with Crippen molar-refractivity contribution in [3.05, 3.63) is 71.8 Å². The van der Waals surface area contributed by atoms with Gasteiger partial charge in [-0.25, -0.2) is 4.79 Å². The Bertz CT molecular complexity index is 1430. The highest BCUT2D eigenvalue weighted by atomic mass is 16.6. The summed E-state index contributed by atoms with van der Waals surface area (Å²) in [6, 6.07) is 20.0. The van der Waals surface area contributed by atoms with Crippen LogP contribution >= 0.6 is 0 Å². The number of ether oxygens (including phenoxy) is 3. The van der Waals surface area contributed by atoms with Crippen molar-refractivity contribution < 1.29 is 28.9 Å². The van der Waals surface area contributed by atoms with Crippen molar-refractivity contribution in [3.63, 3.8) is 0 Å². The Morgan fingerprint density at radius 1 is 0.860 bits per heavy atom. The summed E-state index contributed by atoms with van der Waals surface area (Å²) >= 11 is 0. The second-order valence-electron chi connectivity index (χ2n) is 12.8. The van der Waals surface area contributed by atoms with Gasteiger partial charge in [0.1, 0.15) is 12.2 Å². The minimum absolute atomic E-state index is 0.125. The first kappa shape index (κ1) is 30.7. The van der Waals surface area contributed by atoms with Gasteiger partial charge in [-0.3, -0.25) is 4.79 Å². The predicted octanol–water partition coefficient (Wildman–Crippen LogP) is 6.29. The van der Waals surface area contributed by atoms with Gasteiger partial charge in [0, 0.05) is 26.2 Å². The fraction of sp³-hybridized carbons (Fsp3) is 0.486. The predicted molar refractivity (Wildman–Crippen MR) is 166 cm³/mol. The van der Waals surface area contributed by atoms with Crippen molar-refractivity contribution in [2.75, 3.05) is 33.3 Å². The van der Waals surface area contributed by atoms with Gasteiger partial charge in [0.25, 0.3) is 0 Å². The molecule has 1 heterocycles. The first-order valence-corrected chi connectivity index (χ1v) is 15.3. The fourth-order valence-electron chi connectivity index (χ4n) is 6.23. The number of aliphatic hydroxyl groups is 1. The summed E-state index contributed by atoms with van der Waals surface area (Å²) in [4.78, 5) is 30.2. The van der Waals surface area contributed by atoms with Crippen LogP contribution in [0.4, 0.5) is 4.79 Å². The minimum Gasteiger partial charge on any atom is -0.493 e. The maximum atomic E-state index is 14.2. The summed E-state index contributed by atoms with van der Waals surface area (Å²) in [6.45, 7) is 7.43. The number of rotatable bonds is 7. The standard InChI is InChI=1S/C35H44N2O6/c1-34(2,3)43-33(39)37-20-18-36(19-21-37)32(38)31(35(40)16-8-5-9-17-35)28-14-15-29(30(23-28)41-4)42-24-25-12-13-26-10-6-7-11-27(26)22-25/h6-7,10-15,22-23,31,40H,5,8-9,16-21,24H2,1-4H3. The molecule has 1 aliphatic carbocycles. The lowest BCUT2D eigenvalue weighted by molar-refractivity contribution is -0.143. The van der Waals surface area contributed by atoms with E-state index >= 15 is 0 Å². The van der Waals surface area contributed by atoms with Gasteiger partial charge in [0.15, 0.2) is 11.5 Å². The molecule has 1 saturated heterocycles. The summed E-state index contributed by atoms with van der Waals surface area (Å²) < 4.78 is 17.4. The van der Waals surface area contributed by atoms with Gasteiger partial charge in [0.2, 0.25) is 5.91 Å². The van der Waals surface area contributed by atoms with Gasteiger partial charge in [-0.2, -0.15) is 0 Å². The fourth-order valence-corrected chi connectivity index (χ4v) is 6.23. The molecule has 3 aromatic rings. The number of hydrogen-bond acceptors (Lipinski definition) is 6. The van der Waals surface area contributed by atoms with Crippen LogP contribution in [0.25, 0.3) is 10.8 Å². The lowest BCUT2D eigenvalue weighted by Crippen LogP contribution is -2.55. The first-order valence-electron chi connectivity index (χ1n) is 15.3. The third-order valence-corrected chi connectivity index (χ3v) is 8.48. The normalized spacial score (nSPS) is 17.8. The van der Waals surface area contributed by atoms with Crippen molar-refractivity contribution in [1.82, 2.24) is 9.80 Å². The molecule has 8 nitrogen and oxygen atoms in total. The van der Waals surface area contributed by atoms with Crippen LogP contribution in [0.3, 0.4) is 0 Å². The van der Waals surface area contributed by atoms with Gasteiger partial charge < -0.3 is 29.1 Å². The highest BCUT2D eigenvalue weighted by molar-refractivity contribution is 5.86. The van der Waals surface area contributed by atoms with E-state index in [4.69, 9.17) is 14.2 Å². The molecule has 2 aliphatic rings. The van der Waals surface area contributed by atoms with Crippen molar-refractivity contribution in [2.45, 2.75) is 76.6 Å². The van der Waals surface area contributed by atoms with Gasteiger partial charge in [-0.15, -0.1) is 0 Å². The van der Waals surface area contributed by atoms with E-state index in [1.807, 2.05) is 51.1 Å². The number of carbonyl (C=O) groups excluding carboxylic acids is 2. The van der Waals surface area contributed by atoms with Crippen LogP contribution in [-0.4, -0.2) is 71.4 Å². The molecule has 0 aromatic heterocycles. The topological polar surface area (TPSA) is 88.5 Å². The molecule has 43 heavy (non-hydrogen) atoms. The van der Waals surface area contributed by atoms with Crippen molar-refractivity contribution >= 4 is 22.8 Å². The number of hydrogen-bond donors (Lipinski definition) is 1. The van der Waals surface area contributed by atoms with Crippen molar-refractivity contribution in [2.24, 2.45) is 0 Å². The number of fused-ring (bicyclic) bond motifs is 1. The van der Waals surface area contributed by atoms with Crippen LogP contribution < -0.4 is 9.47 Å². The molecule has 5 rings (SSSR count). The van der Waals surface area contributed by atoms with E-state index in [0.29, 0.717) is 62.7 Å². The Morgan fingerprint density at radius 3 is 2.21 bits per heavy atom. The summed E-state index contributed by atoms with van der Waals surface area (Å²) in [5.41, 5.74) is 0.0127. The van der Waals surface area contributed by atoms with E-state index < -0.39 is 17.1 Å². The zero-order chi connectivity index (χ0) is 30.6. The highest BCUT2D eigenvalue weighted by Crippen LogP contribution is 2.43. The monoisotopic (exact) mass is 588 g/mol. The number of methoxy groups -OCH3 is 1. The molecule has 1 atom stereocenters. The Kier molecular flexibility index (Phi) is 9.16. The zero-order valence-electron chi connectivity index (χ0n) is 25.8. The summed E-state index contributed by atoms with van der Waals surface area (Å²) in [5, 5.41) is 14.3. The third kappa shape index (κ3) is 7.24. The minimum atomic E-state index is -1.16. The van der Waals surface area contributed by atoms with E-state index in [2.05, 4.69) is 30.3 Å². The molecule has 0 bridgehead atoms. The van der Waals surface area contributed by atoms with Crippen LogP contribution in [0.1, 0.15) is 69.9 Å². The van der Waals surface area contributed by atoms with Crippen molar-refractivity contribution in [1.29, 1.82) is 0 Å². The summed E-state index contributed by atoms with van der Waals surface area (Å²) in [6.07, 6.45) is 3.54. The van der Waals surface area contributed by atoms with E-state index in [0.717, 1.165) is 30.2 Å². The van der Waals surface area contributed by atoms with E-state index in [1.165, 1.54) is 5.39 Å². The summed E-state index contributed by atoms with van der Waals surface area (Å²) in [7, 11) is 1.59.